The topological polar surface area (TPSA) is 267 Å². The monoisotopic (exact) mass is 765 g/mol. The lowest BCUT2D eigenvalue weighted by molar-refractivity contribution is -0.0384. The summed E-state index contributed by atoms with van der Waals surface area (Å²) < 4.78 is 7.67. The van der Waals surface area contributed by atoms with Gasteiger partial charge in [0, 0.05) is 37.8 Å². The number of aromatic hydroxyl groups is 2. The van der Waals surface area contributed by atoms with E-state index in [1.54, 1.807) is 48.8 Å². The lowest BCUT2D eigenvalue weighted by Crippen LogP contribution is -2.40. The maximum atomic E-state index is 12.8. The van der Waals surface area contributed by atoms with Gasteiger partial charge >= 0.3 is 6.03 Å². The Bertz CT molecular complexity index is 2230. The highest BCUT2D eigenvalue weighted by Crippen LogP contribution is 2.39. The molecule has 2 fully saturated rings. The van der Waals surface area contributed by atoms with Crippen LogP contribution in [0.15, 0.2) is 79.4 Å². The van der Waals surface area contributed by atoms with Crippen LogP contribution in [0.25, 0.3) is 11.2 Å². The first kappa shape index (κ1) is 36.5. The van der Waals surface area contributed by atoms with Crippen molar-refractivity contribution in [3.8, 4) is 11.5 Å². The fourth-order valence-corrected chi connectivity index (χ4v) is 6.90. The van der Waals surface area contributed by atoms with Crippen LogP contribution < -0.4 is 20.9 Å². The van der Waals surface area contributed by atoms with Gasteiger partial charge < -0.3 is 51.1 Å². The number of phenolic OH excluding ortho intramolecular Hbond substituents is 2. The van der Waals surface area contributed by atoms with Crippen molar-refractivity contribution in [3.63, 3.8) is 0 Å². The third-order valence-electron chi connectivity index (χ3n) is 9.74. The fourth-order valence-electron chi connectivity index (χ4n) is 6.90. The molecule has 2 aliphatic heterocycles. The first-order valence-electron chi connectivity index (χ1n) is 17.9. The molecule has 8 rings (SSSR count). The highest BCUT2D eigenvalue weighted by molar-refractivity contribution is 5.89. The Morgan fingerprint density at radius 1 is 0.982 bits per heavy atom. The molecule has 4 aromatic heterocycles. The van der Waals surface area contributed by atoms with Crippen molar-refractivity contribution in [1.29, 1.82) is 0 Å². The second-order valence-electron chi connectivity index (χ2n) is 13.5. The van der Waals surface area contributed by atoms with E-state index in [9.17, 15) is 30.3 Å². The van der Waals surface area contributed by atoms with Gasteiger partial charge in [0.15, 0.2) is 29.3 Å². The number of urea groups is 1. The normalized spacial score (nSPS) is 20.9. The standard InChI is InChI=1S/C36H39N13O7/c50-15-14-49-45-32(44-46-49)30-28(53)29(54)34(56-30)48-19-39-27-31(38-17-26(20-3-7-24(51)8-4-20)21-5-9-25(52)10-6-21)42-35(43-33(27)48)47-13-11-23(18-47)41-36(55)40-22-2-1-12-37-16-22/h1-10,12,16,19,23,26,28-30,34,50-54H,11,13-15,17-18H2,(H,38,42,43)(H2,40,41,55)/t23-,28+,29+,30+,34-/m1/s1. The number of nitrogens with one attached hydrogen (secondary N) is 3. The Hall–Kier alpha value is -6.48. The number of rotatable bonds is 12. The molecule has 290 valence electrons. The molecular formula is C36H39N13O7. The van der Waals surface area contributed by atoms with Gasteiger partial charge in [-0.1, -0.05) is 24.3 Å². The van der Waals surface area contributed by atoms with Gasteiger partial charge in [-0.3, -0.25) is 9.55 Å². The summed E-state index contributed by atoms with van der Waals surface area (Å²) in [6.45, 7) is 1.09. The molecule has 6 aromatic rings. The summed E-state index contributed by atoms with van der Waals surface area (Å²) in [5.74, 6) is 0.723. The van der Waals surface area contributed by atoms with Crippen LogP contribution in [0.3, 0.4) is 0 Å². The van der Waals surface area contributed by atoms with Gasteiger partial charge in [-0.2, -0.15) is 14.8 Å². The lowest BCUT2D eigenvalue weighted by atomic mass is 9.91. The average Bonchev–Trinajstić information content (AvgIpc) is 4.01. The second kappa shape index (κ2) is 15.7. The molecule has 0 spiro atoms. The van der Waals surface area contributed by atoms with E-state index >= 15 is 0 Å². The molecule has 20 nitrogen and oxygen atoms in total. The van der Waals surface area contributed by atoms with E-state index in [1.165, 1.54) is 15.7 Å². The molecule has 56 heavy (non-hydrogen) atoms. The largest absolute Gasteiger partial charge is 0.508 e. The Kier molecular flexibility index (Phi) is 10.2. The number of nitrogens with zero attached hydrogens (tertiary/aromatic N) is 10. The second-order valence-corrected chi connectivity index (χ2v) is 13.5. The molecule has 20 heteroatoms. The van der Waals surface area contributed by atoms with Gasteiger partial charge in [0.25, 0.3) is 0 Å². The summed E-state index contributed by atoms with van der Waals surface area (Å²) in [6, 6.07) is 16.6. The number of hydrogen-bond donors (Lipinski definition) is 8. The van der Waals surface area contributed by atoms with E-state index in [2.05, 4.69) is 41.3 Å². The number of fused-ring (bicyclic) bond motifs is 1. The fraction of sp³-hybridized carbons (Fsp3) is 0.333. The molecule has 0 radical (unpaired) electrons. The van der Waals surface area contributed by atoms with Crippen LogP contribution in [0.5, 0.6) is 11.5 Å². The predicted octanol–water partition coefficient (Wildman–Crippen LogP) is 1.25. The number of imidazole rings is 1. The van der Waals surface area contributed by atoms with E-state index in [1.807, 2.05) is 29.2 Å². The number of pyridine rings is 1. The van der Waals surface area contributed by atoms with E-state index in [0.29, 0.717) is 54.7 Å². The van der Waals surface area contributed by atoms with Crippen molar-refractivity contribution >= 4 is 34.6 Å². The van der Waals surface area contributed by atoms with Crippen LogP contribution in [-0.2, 0) is 11.3 Å². The molecule has 0 unspecified atom stereocenters. The van der Waals surface area contributed by atoms with Gasteiger partial charge in [0.2, 0.25) is 11.8 Å². The number of hydrogen-bond acceptors (Lipinski definition) is 16. The number of carbonyl (C=O) groups is 1. The summed E-state index contributed by atoms with van der Waals surface area (Å²) in [5, 5.41) is 72.8. The summed E-state index contributed by atoms with van der Waals surface area (Å²) in [6.07, 6.45) is 0.0572. The van der Waals surface area contributed by atoms with Gasteiger partial charge in [-0.25, -0.2) is 9.78 Å². The summed E-state index contributed by atoms with van der Waals surface area (Å²) >= 11 is 0. The Labute approximate surface area is 318 Å². The minimum atomic E-state index is -1.44. The summed E-state index contributed by atoms with van der Waals surface area (Å²) in [7, 11) is 0. The van der Waals surface area contributed by atoms with Crippen molar-refractivity contribution in [2.45, 2.75) is 49.5 Å². The number of aliphatic hydroxyl groups excluding tert-OH is 3. The van der Waals surface area contributed by atoms with Crippen molar-refractivity contribution in [3.05, 3.63) is 96.3 Å². The van der Waals surface area contributed by atoms with E-state index in [0.717, 1.165) is 11.1 Å². The lowest BCUT2D eigenvalue weighted by Gasteiger charge is -2.22. The molecule has 0 aliphatic carbocycles. The van der Waals surface area contributed by atoms with Gasteiger partial charge in [-0.15, -0.1) is 10.2 Å². The molecule has 2 saturated heterocycles. The Balaban J connectivity index is 1.11. The van der Waals surface area contributed by atoms with Crippen LogP contribution in [0.4, 0.5) is 22.2 Å². The van der Waals surface area contributed by atoms with Crippen molar-refractivity contribution in [2.24, 2.45) is 0 Å². The number of anilines is 3. The number of aromatic nitrogens is 9. The summed E-state index contributed by atoms with van der Waals surface area (Å²) in [4.78, 5) is 34.4. The van der Waals surface area contributed by atoms with E-state index in [-0.39, 0.29) is 48.5 Å². The maximum Gasteiger partial charge on any atom is 0.319 e. The smallest absolute Gasteiger partial charge is 0.319 e. The molecule has 2 aliphatic rings. The van der Waals surface area contributed by atoms with Gasteiger partial charge in [0.1, 0.15) is 23.7 Å². The highest BCUT2D eigenvalue weighted by Gasteiger charge is 2.47. The van der Waals surface area contributed by atoms with Crippen LogP contribution in [0, 0.1) is 0 Å². The van der Waals surface area contributed by atoms with Crippen LogP contribution in [0.1, 0.15) is 41.6 Å². The molecule has 8 N–H and O–H groups in total. The molecule has 2 aromatic carbocycles. The van der Waals surface area contributed by atoms with Gasteiger partial charge in [0.05, 0.1) is 31.4 Å². The third-order valence-corrected chi connectivity index (χ3v) is 9.74. The SMILES string of the molecule is O=C(Nc1cccnc1)N[C@@H]1CCN(c2nc(NCC(c3ccc(O)cc3)c3ccc(O)cc3)c3ncn([C@@H]4O[C@H](c5nnn(CCO)n5)[C@@H](O)[C@@H]4O)c3n2)C1. The molecular weight excluding hydrogens is 726 g/mol. The van der Waals surface area contributed by atoms with Crippen LogP contribution in [-0.4, -0.2) is 121 Å². The van der Waals surface area contributed by atoms with E-state index < -0.39 is 24.5 Å². The number of benzene rings is 2. The number of tetrazole rings is 1. The zero-order chi connectivity index (χ0) is 38.8. The van der Waals surface area contributed by atoms with Crippen molar-refractivity contribution in [2.75, 3.05) is 41.8 Å². The molecule has 0 bridgehead atoms. The first-order chi connectivity index (χ1) is 27.2. The number of phenols is 2. The maximum absolute atomic E-state index is 12.8. The molecule has 2 amide bonds. The number of aliphatic hydroxyl groups is 3. The van der Waals surface area contributed by atoms with Crippen molar-refractivity contribution in [1.82, 2.24) is 50.0 Å². The number of ether oxygens (including phenoxy) is 1. The Morgan fingerprint density at radius 2 is 1.73 bits per heavy atom. The van der Waals surface area contributed by atoms with Crippen LogP contribution in [0.2, 0.25) is 0 Å². The van der Waals surface area contributed by atoms with Crippen LogP contribution >= 0.6 is 0 Å². The van der Waals surface area contributed by atoms with Gasteiger partial charge in [-0.05, 0) is 59.2 Å². The van der Waals surface area contributed by atoms with Crippen molar-refractivity contribution < 1.29 is 35.1 Å². The minimum Gasteiger partial charge on any atom is -0.508 e. The zero-order valence-corrected chi connectivity index (χ0v) is 29.7. The zero-order valence-electron chi connectivity index (χ0n) is 29.7. The Morgan fingerprint density at radius 3 is 2.43 bits per heavy atom. The molecule has 0 saturated carbocycles. The van der Waals surface area contributed by atoms with E-state index in [4.69, 9.17) is 14.7 Å². The highest BCUT2D eigenvalue weighted by atomic mass is 16.6. The molecule has 5 atom stereocenters. The third kappa shape index (κ3) is 7.57. The minimum absolute atomic E-state index is 0.0345. The first-order valence-corrected chi connectivity index (χ1v) is 17.9. The number of carbonyl (C=O) groups excluding carboxylic acids is 1. The predicted molar refractivity (Wildman–Crippen MR) is 199 cm³/mol. The summed E-state index contributed by atoms with van der Waals surface area (Å²) in [5.41, 5.74) is 2.99. The average molecular weight is 766 g/mol. The quantitative estimate of drug-likeness (QED) is 0.0871. The molecule has 6 heterocycles. The number of amides is 2.